The smallest absolute Gasteiger partial charge is 0.313 e. The molecule has 7 nitrogen and oxygen atoms in total. The Balaban J connectivity index is 2.74. The van der Waals surface area contributed by atoms with E-state index in [4.69, 9.17) is 5.11 Å². The van der Waals surface area contributed by atoms with Crippen LogP contribution in [0.1, 0.15) is 32.5 Å². The Morgan fingerprint density at radius 2 is 2.10 bits per heavy atom. The predicted molar refractivity (Wildman–Crippen MR) is 75.7 cm³/mol. The van der Waals surface area contributed by atoms with Crippen LogP contribution in [0.5, 0.6) is 0 Å². The Labute approximate surface area is 122 Å². The second-order valence-corrected chi connectivity index (χ2v) is 5.13. The number of nitrogens with zero attached hydrogens (tertiary/aromatic N) is 3. The van der Waals surface area contributed by atoms with Gasteiger partial charge in [0.25, 0.3) is 0 Å². The Morgan fingerprint density at radius 1 is 1.35 bits per heavy atom. The molecule has 1 amide bonds. The number of aromatic nitrogens is 3. The molecule has 112 valence electrons. The van der Waals surface area contributed by atoms with Crippen molar-refractivity contribution >= 4 is 23.6 Å². The summed E-state index contributed by atoms with van der Waals surface area (Å²) in [5.74, 6) is -0.196. The lowest BCUT2D eigenvalue weighted by atomic mass is 10.3. The number of carbonyl (C=O) groups excluding carboxylic acids is 1. The molecule has 20 heavy (non-hydrogen) atoms. The van der Waals surface area contributed by atoms with Crippen LogP contribution in [0.25, 0.3) is 0 Å². The highest BCUT2D eigenvalue weighted by Gasteiger charge is 2.14. The number of hydrogen-bond acceptors (Lipinski definition) is 5. The normalized spacial score (nSPS) is 10.5. The third-order valence-electron chi connectivity index (χ3n) is 2.53. The summed E-state index contributed by atoms with van der Waals surface area (Å²) in [6.45, 7) is 4.97. The highest BCUT2D eigenvalue weighted by Crippen LogP contribution is 2.18. The van der Waals surface area contributed by atoms with Gasteiger partial charge in [0.1, 0.15) is 5.82 Å². The van der Waals surface area contributed by atoms with Crippen LogP contribution in [0, 0.1) is 0 Å². The molecule has 2 N–H and O–H groups in total. The quantitative estimate of drug-likeness (QED) is 0.659. The molecule has 0 aliphatic carbocycles. The van der Waals surface area contributed by atoms with Crippen molar-refractivity contribution in [2.75, 3.05) is 12.3 Å². The van der Waals surface area contributed by atoms with Gasteiger partial charge >= 0.3 is 5.97 Å². The first-order chi connectivity index (χ1) is 9.58. The number of carboxylic acids is 1. The number of aliphatic carboxylic acids is 1. The highest BCUT2D eigenvalue weighted by atomic mass is 32.2. The molecule has 0 aliphatic heterocycles. The summed E-state index contributed by atoms with van der Waals surface area (Å²) in [5, 5.41) is 20.1. The summed E-state index contributed by atoms with van der Waals surface area (Å²) >= 11 is 1.12. The molecule has 0 aliphatic rings. The van der Waals surface area contributed by atoms with Crippen molar-refractivity contribution in [2.45, 2.75) is 44.8 Å². The Bertz CT molecular complexity index is 462. The molecule has 0 spiro atoms. The number of carbonyl (C=O) groups is 2. The first kappa shape index (κ1) is 16.5. The number of amides is 1. The Kier molecular flexibility index (Phi) is 7.06. The topological polar surface area (TPSA) is 97.1 Å². The molecule has 0 radical (unpaired) electrons. The van der Waals surface area contributed by atoms with Crippen LogP contribution in [0.15, 0.2) is 5.16 Å². The third kappa shape index (κ3) is 5.20. The minimum atomic E-state index is -0.898. The van der Waals surface area contributed by atoms with Crippen molar-refractivity contribution < 1.29 is 14.7 Å². The largest absolute Gasteiger partial charge is 0.481 e. The van der Waals surface area contributed by atoms with Gasteiger partial charge < -0.3 is 15.0 Å². The van der Waals surface area contributed by atoms with Crippen LogP contribution in [0.2, 0.25) is 0 Å². The van der Waals surface area contributed by atoms with E-state index in [1.165, 1.54) is 0 Å². The zero-order valence-electron chi connectivity index (χ0n) is 11.8. The number of hydrogen-bond donors (Lipinski definition) is 2. The maximum absolute atomic E-state index is 11.5. The second-order valence-electron chi connectivity index (χ2n) is 4.19. The molecular formula is C12H20N4O3S. The highest BCUT2D eigenvalue weighted by molar-refractivity contribution is 7.99. The number of rotatable bonds is 9. The van der Waals surface area contributed by atoms with Crippen LogP contribution >= 0.6 is 11.8 Å². The number of aryl methyl sites for hydroxylation is 1. The lowest BCUT2D eigenvalue weighted by molar-refractivity contribution is -0.134. The van der Waals surface area contributed by atoms with Gasteiger partial charge in [-0.2, -0.15) is 0 Å². The van der Waals surface area contributed by atoms with Crippen LogP contribution < -0.4 is 5.32 Å². The van der Waals surface area contributed by atoms with Crippen molar-refractivity contribution in [3.8, 4) is 0 Å². The van der Waals surface area contributed by atoms with Crippen LogP contribution in [0.4, 0.5) is 0 Å². The number of nitrogens with one attached hydrogen (secondary N) is 1. The first-order valence-electron chi connectivity index (χ1n) is 6.61. The van der Waals surface area contributed by atoms with Gasteiger partial charge in [-0.15, -0.1) is 10.2 Å². The molecule has 0 unspecified atom stereocenters. The van der Waals surface area contributed by atoms with E-state index in [0.717, 1.165) is 30.4 Å². The van der Waals surface area contributed by atoms with E-state index in [0.29, 0.717) is 24.7 Å². The van der Waals surface area contributed by atoms with E-state index in [2.05, 4.69) is 15.5 Å². The molecule has 0 aromatic carbocycles. The minimum absolute atomic E-state index is 0.0298. The van der Waals surface area contributed by atoms with E-state index in [1.54, 1.807) is 0 Å². The van der Waals surface area contributed by atoms with Crippen molar-refractivity contribution in [3.05, 3.63) is 5.82 Å². The molecule has 0 bridgehead atoms. The van der Waals surface area contributed by atoms with Gasteiger partial charge in [0, 0.05) is 25.9 Å². The van der Waals surface area contributed by atoms with Gasteiger partial charge in [0.05, 0.1) is 5.75 Å². The monoisotopic (exact) mass is 300 g/mol. The molecule has 1 heterocycles. The van der Waals surface area contributed by atoms with Crippen molar-refractivity contribution in [3.63, 3.8) is 0 Å². The van der Waals surface area contributed by atoms with E-state index < -0.39 is 5.97 Å². The van der Waals surface area contributed by atoms with Gasteiger partial charge in [-0.1, -0.05) is 18.7 Å². The first-order valence-corrected chi connectivity index (χ1v) is 7.60. The molecular weight excluding hydrogens is 280 g/mol. The third-order valence-corrected chi connectivity index (χ3v) is 3.48. The van der Waals surface area contributed by atoms with Crippen molar-refractivity contribution in [2.24, 2.45) is 0 Å². The maximum atomic E-state index is 11.5. The van der Waals surface area contributed by atoms with E-state index in [9.17, 15) is 9.59 Å². The summed E-state index contributed by atoms with van der Waals surface area (Å²) in [6.07, 6.45) is 2.02. The summed E-state index contributed by atoms with van der Waals surface area (Å²) in [7, 11) is 0. The van der Waals surface area contributed by atoms with E-state index in [1.807, 2.05) is 18.4 Å². The fourth-order valence-corrected chi connectivity index (χ4v) is 2.39. The predicted octanol–water partition coefficient (Wildman–Crippen LogP) is 0.933. The summed E-state index contributed by atoms with van der Waals surface area (Å²) < 4.78 is 1.84. The van der Waals surface area contributed by atoms with Gasteiger partial charge in [-0.05, 0) is 13.3 Å². The second kappa shape index (κ2) is 8.57. The van der Waals surface area contributed by atoms with Crippen LogP contribution in [-0.4, -0.2) is 44.0 Å². The summed E-state index contributed by atoms with van der Waals surface area (Å²) in [4.78, 5) is 22.1. The number of thioether (sulfide) groups is 1. The summed E-state index contributed by atoms with van der Waals surface area (Å²) in [5.41, 5.74) is 0. The average molecular weight is 300 g/mol. The number of carboxylic acid groups (broad SMARTS) is 1. The van der Waals surface area contributed by atoms with E-state index in [-0.39, 0.29) is 11.7 Å². The molecule has 1 aromatic heterocycles. The van der Waals surface area contributed by atoms with E-state index >= 15 is 0 Å². The van der Waals surface area contributed by atoms with Crippen molar-refractivity contribution in [1.82, 2.24) is 20.1 Å². The lowest BCUT2D eigenvalue weighted by Crippen LogP contribution is -2.24. The van der Waals surface area contributed by atoms with Gasteiger partial charge in [0.2, 0.25) is 5.91 Å². The standard InChI is InChI=1S/C12H20N4O3S/c1-3-5-9-14-15-12(20-8-11(18)19)16(9)7-6-10(17)13-4-2/h3-8H2,1-2H3,(H,13,17)(H,18,19). The molecule has 0 fully saturated rings. The van der Waals surface area contributed by atoms with Gasteiger partial charge in [-0.25, -0.2) is 0 Å². The lowest BCUT2D eigenvalue weighted by Gasteiger charge is -2.09. The fraction of sp³-hybridized carbons (Fsp3) is 0.667. The Morgan fingerprint density at radius 3 is 2.70 bits per heavy atom. The average Bonchev–Trinajstić information content (AvgIpc) is 2.77. The molecule has 0 atom stereocenters. The molecule has 0 saturated carbocycles. The molecule has 8 heteroatoms. The molecule has 1 rings (SSSR count). The Hall–Kier alpha value is -1.57. The van der Waals surface area contributed by atoms with Crippen LogP contribution in [-0.2, 0) is 22.6 Å². The van der Waals surface area contributed by atoms with Crippen molar-refractivity contribution in [1.29, 1.82) is 0 Å². The zero-order chi connectivity index (χ0) is 15.0. The zero-order valence-corrected chi connectivity index (χ0v) is 12.6. The maximum Gasteiger partial charge on any atom is 0.313 e. The summed E-state index contributed by atoms with van der Waals surface area (Å²) in [6, 6.07) is 0. The minimum Gasteiger partial charge on any atom is -0.481 e. The van der Waals surface area contributed by atoms with Crippen LogP contribution in [0.3, 0.4) is 0 Å². The van der Waals surface area contributed by atoms with Gasteiger partial charge in [0.15, 0.2) is 5.16 Å². The molecule has 1 aromatic rings. The molecule has 0 saturated heterocycles. The SMILES string of the molecule is CCCc1nnc(SCC(=O)O)n1CCC(=O)NCC. The van der Waals surface area contributed by atoms with Gasteiger partial charge in [-0.3, -0.25) is 9.59 Å². The fourth-order valence-electron chi connectivity index (χ4n) is 1.68.